The van der Waals surface area contributed by atoms with Crippen LogP contribution in [0.3, 0.4) is 0 Å². The van der Waals surface area contributed by atoms with Gasteiger partial charge in [-0.15, -0.1) is 0 Å². The average Bonchev–Trinajstić information content (AvgIpc) is 2.70. The van der Waals surface area contributed by atoms with E-state index in [2.05, 4.69) is 15.6 Å². The maximum absolute atomic E-state index is 13.0. The van der Waals surface area contributed by atoms with Crippen molar-refractivity contribution in [3.63, 3.8) is 0 Å². The van der Waals surface area contributed by atoms with Crippen LogP contribution >= 0.6 is 23.5 Å². The lowest BCUT2D eigenvalue weighted by atomic mass is 9.56. The van der Waals surface area contributed by atoms with Crippen molar-refractivity contribution < 1.29 is 9.59 Å². The summed E-state index contributed by atoms with van der Waals surface area (Å²) in [6.07, 6.45) is 15.5. The average molecular weight is 498 g/mol. The van der Waals surface area contributed by atoms with Crippen LogP contribution < -0.4 is 10.6 Å². The highest BCUT2D eigenvalue weighted by Crippen LogP contribution is 2.62. The van der Waals surface area contributed by atoms with Crippen molar-refractivity contribution in [3.05, 3.63) is 18.2 Å². The van der Waals surface area contributed by atoms with Crippen LogP contribution in [-0.2, 0) is 0 Å². The minimum Gasteiger partial charge on any atom is -0.301 e. The summed E-state index contributed by atoms with van der Waals surface area (Å²) in [5.74, 6) is 6.03. The molecular formula is C27H35N3O2S2. The van der Waals surface area contributed by atoms with E-state index in [1.807, 2.05) is 18.2 Å². The molecule has 0 atom stereocenters. The molecular weight excluding hydrogens is 462 g/mol. The molecule has 8 saturated carbocycles. The third-order valence-electron chi connectivity index (χ3n) is 9.79. The molecule has 0 aliphatic heterocycles. The zero-order valence-electron chi connectivity index (χ0n) is 19.8. The Morgan fingerprint density at radius 2 is 0.971 bits per heavy atom. The van der Waals surface area contributed by atoms with E-state index in [0.29, 0.717) is 11.6 Å². The molecule has 2 amide bonds. The molecule has 0 radical (unpaired) electrons. The summed E-state index contributed by atoms with van der Waals surface area (Å²) < 4.78 is 0.276. The van der Waals surface area contributed by atoms with Gasteiger partial charge in [-0.1, -0.05) is 29.6 Å². The van der Waals surface area contributed by atoms with Crippen molar-refractivity contribution >= 4 is 45.6 Å². The first-order chi connectivity index (χ1) is 16.4. The number of nitrogens with one attached hydrogen (secondary N) is 2. The SMILES string of the molecule is O=C(Nc1cccc(NC(=O)SC23CC4CC(CC(C4)C2)C3)n1)SC12CC3CC(CC(C3)C1)C2. The number of thioether (sulfide) groups is 2. The first-order valence-corrected chi connectivity index (χ1v) is 15.0. The number of carbonyl (C=O) groups excluding carboxylic acids is 2. The predicted molar refractivity (Wildman–Crippen MR) is 139 cm³/mol. The van der Waals surface area contributed by atoms with E-state index in [0.717, 1.165) is 35.5 Å². The Kier molecular flexibility index (Phi) is 5.28. The first kappa shape index (κ1) is 22.0. The van der Waals surface area contributed by atoms with Gasteiger partial charge in [0.2, 0.25) is 0 Å². The Labute approximate surface area is 210 Å². The van der Waals surface area contributed by atoms with E-state index >= 15 is 0 Å². The third-order valence-corrected chi connectivity index (χ3v) is 12.2. The number of hydrogen-bond acceptors (Lipinski definition) is 5. The minimum atomic E-state index is 0.000804. The van der Waals surface area contributed by atoms with Gasteiger partial charge in [-0.05, 0) is 125 Å². The zero-order valence-corrected chi connectivity index (χ0v) is 21.4. The van der Waals surface area contributed by atoms with Gasteiger partial charge in [0, 0.05) is 9.49 Å². The van der Waals surface area contributed by atoms with Crippen LogP contribution in [0.4, 0.5) is 21.2 Å². The molecule has 9 rings (SSSR count). The Balaban J connectivity index is 0.969. The predicted octanol–water partition coefficient (Wildman–Crippen LogP) is 7.55. The van der Waals surface area contributed by atoms with Crippen molar-refractivity contribution in [1.29, 1.82) is 0 Å². The molecule has 8 bridgehead atoms. The molecule has 0 aromatic carbocycles. The second-order valence-electron chi connectivity index (χ2n) is 12.6. The topological polar surface area (TPSA) is 71.1 Å². The molecule has 0 unspecified atom stereocenters. The van der Waals surface area contributed by atoms with Crippen molar-refractivity contribution in [1.82, 2.24) is 4.98 Å². The van der Waals surface area contributed by atoms with Gasteiger partial charge in [-0.3, -0.25) is 9.59 Å². The number of rotatable bonds is 4. The fourth-order valence-corrected chi connectivity index (χ4v) is 12.6. The number of hydrogen-bond donors (Lipinski definition) is 2. The number of nitrogens with zero attached hydrogens (tertiary/aromatic N) is 1. The second-order valence-corrected chi connectivity index (χ2v) is 15.5. The van der Waals surface area contributed by atoms with Crippen LogP contribution in [-0.4, -0.2) is 25.0 Å². The van der Waals surface area contributed by atoms with Crippen molar-refractivity contribution in [3.8, 4) is 0 Å². The maximum atomic E-state index is 13.0. The number of anilines is 2. The van der Waals surface area contributed by atoms with E-state index < -0.39 is 0 Å². The molecule has 1 aromatic heterocycles. The van der Waals surface area contributed by atoms with Gasteiger partial charge in [0.1, 0.15) is 11.6 Å². The molecule has 2 N–H and O–H groups in total. The largest absolute Gasteiger partial charge is 0.301 e. The summed E-state index contributed by atoms with van der Waals surface area (Å²) in [5, 5.41) is 6.03. The van der Waals surface area contributed by atoms with Gasteiger partial charge in [0.05, 0.1) is 0 Å². The van der Waals surface area contributed by atoms with Crippen LogP contribution in [0.5, 0.6) is 0 Å². The van der Waals surface area contributed by atoms with Crippen molar-refractivity contribution in [2.75, 3.05) is 10.6 Å². The highest BCUT2D eigenvalue weighted by molar-refractivity contribution is 8.15. The van der Waals surface area contributed by atoms with Crippen LogP contribution in [0, 0.1) is 35.5 Å². The molecule has 8 aliphatic rings. The van der Waals surface area contributed by atoms with Gasteiger partial charge in [-0.2, -0.15) is 0 Å². The minimum absolute atomic E-state index is 0.000804. The standard InChI is InChI=1S/C27H35N3O2S2/c31-24(33-26-10-16-4-17(11-26)6-18(5-16)12-26)29-22-2-1-3-23(28-22)30-25(32)34-27-13-19-7-20(14-27)9-21(8-19)15-27/h1-3,16-21H,4-15H2,(H2,28,29,30,31,32). The van der Waals surface area contributed by atoms with Crippen molar-refractivity contribution in [2.45, 2.75) is 86.5 Å². The molecule has 5 nitrogen and oxygen atoms in total. The van der Waals surface area contributed by atoms with Gasteiger partial charge in [0.15, 0.2) is 0 Å². The summed E-state index contributed by atoms with van der Waals surface area (Å²) in [6.45, 7) is 0. The van der Waals surface area contributed by atoms with E-state index in [4.69, 9.17) is 0 Å². The fourth-order valence-electron chi connectivity index (χ4n) is 9.54. The van der Waals surface area contributed by atoms with Gasteiger partial charge in [-0.25, -0.2) is 4.98 Å². The van der Waals surface area contributed by atoms with Gasteiger partial charge < -0.3 is 10.6 Å². The monoisotopic (exact) mass is 497 g/mol. The maximum Gasteiger partial charge on any atom is 0.285 e. The lowest BCUT2D eigenvalue weighted by molar-refractivity contribution is 0.0385. The van der Waals surface area contributed by atoms with Crippen LogP contribution in [0.2, 0.25) is 0 Å². The van der Waals surface area contributed by atoms with Crippen LogP contribution in [0.1, 0.15) is 77.0 Å². The molecule has 0 spiro atoms. The summed E-state index contributed by atoms with van der Waals surface area (Å²) in [6, 6.07) is 5.50. The quantitative estimate of drug-likeness (QED) is 0.449. The smallest absolute Gasteiger partial charge is 0.285 e. The van der Waals surface area contributed by atoms with Crippen LogP contribution in [0.15, 0.2) is 18.2 Å². The number of amides is 2. The molecule has 8 fully saturated rings. The lowest BCUT2D eigenvalue weighted by Crippen LogP contribution is -2.49. The molecule has 7 heteroatoms. The van der Waals surface area contributed by atoms with Crippen molar-refractivity contribution in [2.24, 2.45) is 35.5 Å². The Morgan fingerprint density at radius 3 is 1.29 bits per heavy atom. The third kappa shape index (κ3) is 4.19. The number of pyridine rings is 1. The highest BCUT2D eigenvalue weighted by atomic mass is 32.2. The van der Waals surface area contributed by atoms with E-state index in [-0.39, 0.29) is 20.0 Å². The van der Waals surface area contributed by atoms with Gasteiger partial charge in [0.25, 0.3) is 10.5 Å². The summed E-state index contributed by atoms with van der Waals surface area (Å²) in [7, 11) is 0. The Bertz CT molecular complexity index is 866. The number of carbonyl (C=O) groups is 2. The van der Waals surface area contributed by atoms with E-state index in [9.17, 15) is 9.59 Å². The van der Waals surface area contributed by atoms with Gasteiger partial charge >= 0.3 is 0 Å². The fraction of sp³-hybridized carbons (Fsp3) is 0.741. The Morgan fingerprint density at radius 1 is 0.647 bits per heavy atom. The normalized spacial score (nSPS) is 43.2. The molecule has 1 aromatic rings. The molecule has 8 aliphatic carbocycles. The van der Waals surface area contributed by atoms with E-state index in [1.165, 1.54) is 101 Å². The summed E-state index contributed by atoms with van der Waals surface area (Å²) in [5.41, 5.74) is 0. The molecule has 182 valence electrons. The lowest BCUT2D eigenvalue weighted by Gasteiger charge is -2.55. The molecule has 0 saturated heterocycles. The first-order valence-electron chi connectivity index (χ1n) is 13.4. The summed E-state index contributed by atoms with van der Waals surface area (Å²) >= 11 is 3.05. The second kappa shape index (κ2) is 8.16. The molecule has 34 heavy (non-hydrogen) atoms. The molecule has 1 heterocycles. The summed E-state index contributed by atoms with van der Waals surface area (Å²) in [4.78, 5) is 30.5. The van der Waals surface area contributed by atoms with Crippen LogP contribution in [0.25, 0.3) is 0 Å². The number of aromatic nitrogens is 1. The highest BCUT2D eigenvalue weighted by Gasteiger charge is 2.53. The Hall–Kier alpha value is -1.21. The zero-order chi connectivity index (χ0) is 22.9. The van der Waals surface area contributed by atoms with E-state index in [1.54, 1.807) is 0 Å².